The molecule has 12 nitrogen and oxygen atoms in total. The van der Waals surface area contributed by atoms with Crippen LogP contribution in [-0.2, 0) is 9.59 Å². The first kappa shape index (κ1) is 24.9. The van der Waals surface area contributed by atoms with Crippen molar-refractivity contribution in [3.05, 3.63) is 52.1 Å². The normalized spacial score (nSPS) is 14.1. The number of nitro benzene ring substituents is 1. The van der Waals surface area contributed by atoms with Crippen LogP contribution in [0.25, 0.3) is 11.3 Å². The van der Waals surface area contributed by atoms with E-state index in [-0.39, 0.29) is 35.3 Å². The second-order valence-corrected chi connectivity index (χ2v) is 8.25. The van der Waals surface area contributed by atoms with Crippen LogP contribution in [0.3, 0.4) is 0 Å². The number of methoxy groups -OCH3 is 1. The average molecular weight is 512 g/mol. The Morgan fingerprint density at radius 3 is 2.64 bits per heavy atom. The molecule has 13 heteroatoms. The van der Waals surface area contributed by atoms with Crippen molar-refractivity contribution >= 4 is 35.0 Å². The number of hydrogen-bond donors (Lipinski definition) is 0. The summed E-state index contributed by atoms with van der Waals surface area (Å²) >= 11 is 1.26. The molecule has 1 atom stereocenters. The van der Waals surface area contributed by atoms with Crippen molar-refractivity contribution in [2.45, 2.75) is 31.7 Å². The van der Waals surface area contributed by atoms with Crippen LogP contribution in [0.5, 0.6) is 17.4 Å². The van der Waals surface area contributed by atoms with Crippen LogP contribution >= 0.6 is 11.8 Å². The minimum absolute atomic E-state index is 0.0785. The fourth-order valence-corrected chi connectivity index (χ4v) is 4.04. The van der Waals surface area contributed by atoms with Crippen LogP contribution in [0.2, 0.25) is 0 Å². The number of nitrogens with zero attached hydrogens (tertiary/aromatic N) is 5. The molecular weight excluding hydrogens is 490 g/mol. The number of benzene rings is 2. The average Bonchev–Trinajstić information content (AvgIpc) is 3.02. The smallest absolute Gasteiger partial charge is 0.316 e. The minimum atomic E-state index is -1.19. The molecule has 2 heterocycles. The Morgan fingerprint density at radius 2 is 2.00 bits per heavy atom. The van der Waals surface area contributed by atoms with E-state index in [1.165, 1.54) is 35.9 Å². The molecule has 3 aromatic rings. The van der Waals surface area contributed by atoms with E-state index >= 15 is 0 Å². The van der Waals surface area contributed by atoms with E-state index in [4.69, 9.17) is 14.2 Å². The Labute approximate surface area is 209 Å². The van der Waals surface area contributed by atoms with Crippen LogP contribution < -0.4 is 19.1 Å². The first-order chi connectivity index (χ1) is 17.3. The molecule has 1 aliphatic heterocycles. The summed E-state index contributed by atoms with van der Waals surface area (Å²) in [6.45, 7) is 2.81. The summed E-state index contributed by atoms with van der Waals surface area (Å²) in [5.41, 5.74) is 1.01. The van der Waals surface area contributed by atoms with Crippen LogP contribution in [0, 0.1) is 10.1 Å². The molecule has 0 aliphatic carbocycles. The molecule has 0 saturated carbocycles. The Bertz CT molecular complexity index is 1370. The number of ether oxygens (including phenoxy) is 3. The molecule has 0 radical (unpaired) electrons. The maximum Gasteiger partial charge on any atom is 0.316 e. The summed E-state index contributed by atoms with van der Waals surface area (Å²) in [4.78, 5) is 41.9. The molecule has 0 spiro atoms. The van der Waals surface area contributed by atoms with E-state index in [0.717, 1.165) is 6.92 Å². The monoisotopic (exact) mass is 511 g/mol. The van der Waals surface area contributed by atoms with Gasteiger partial charge in [0.25, 0.3) is 0 Å². The van der Waals surface area contributed by atoms with Crippen molar-refractivity contribution in [1.82, 2.24) is 15.2 Å². The third-order valence-electron chi connectivity index (χ3n) is 5.27. The molecule has 36 heavy (non-hydrogen) atoms. The highest BCUT2D eigenvalue weighted by atomic mass is 32.2. The maximum absolute atomic E-state index is 13.3. The highest BCUT2D eigenvalue weighted by molar-refractivity contribution is 7.98. The summed E-state index contributed by atoms with van der Waals surface area (Å²) in [6.07, 6.45) is 0.704. The van der Waals surface area contributed by atoms with E-state index in [1.807, 2.05) is 0 Å². The highest BCUT2D eigenvalue weighted by Gasteiger charge is 2.37. The number of carbonyl (C=O) groups excluding carboxylic acids is 2. The van der Waals surface area contributed by atoms with E-state index in [0.29, 0.717) is 22.1 Å². The van der Waals surface area contributed by atoms with Crippen LogP contribution in [0.1, 0.15) is 32.1 Å². The molecule has 0 N–H and O–H groups in total. The molecule has 2 aromatic carbocycles. The number of para-hydroxylation sites is 1. The zero-order valence-electron chi connectivity index (χ0n) is 19.8. The van der Waals surface area contributed by atoms with Crippen molar-refractivity contribution < 1.29 is 28.7 Å². The van der Waals surface area contributed by atoms with Crippen LogP contribution in [0.15, 0.2) is 41.6 Å². The largest absolute Gasteiger partial charge is 0.493 e. The van der Waals surface area contributed by atoms with Gasteiger partial charge in [-0.25, -0.2) is 0 Å². The van der Waals surface area contributed by atoms with Gasteiger partial charge in [0.15, 0.2) is 11.4 Å². The Hall–Kier alpha value is -4.26. The molecule has 186 valence electrons. The van der Waals surface area contributed by atoms with Gasteiger partial charge < -0.3 is 14.2 Å². The van der Waals surface area contributed by atoms with Gasteiger partial charge in [0.1, 0.15) is 0 Å². The van der Waals surface area contributed by atoms with E-state index < -0.39 is 22.8 Å². The number of anilines is 1. The van der Waals surface area contributed by atoms with Gasteiger partial charge in [-0.15, -0.1) is 10.2 Å². The van der Waals surface area contributed by atoms with Gasteiger partial charge in [-0.3, -0.25) is 24.6 Å². The first-order valence-electron chi connectivity index (χ1n) is 10.7. The Kier molecular flexibility index (Phi) is 7.01. The summed E-state index contributed by atoms with van der Waals surface area (Å²) in [5, 5.41) is 20.7. The van der Waals surface area contributed by atoms with Gasteiger partial charge >= 0.3 is 11.7 Å². The fourth-order valence-electron chi connectivity index (χ4n) is 3.74. The quantitative estimate of drug-likeness (QED) is 0.156. The van der Waals surface area contributed by atoms with E-state index in [2.05, 4.69) is 15.2 Å². The van der Waals surface area contributed by atoms with Gasteiger partial charge in [-0.1, -0.05) is 36.9 Å². The summed E-state index contributed by atoms with van der Waals surface area (Å²) in [5.74, 6) is -1.40. The zero-order chi connectivity index (χ0) is 26.0. The van der Waals surface area contributed by atoms with Crippen LogP contribution in [-0.4, -0.2) is 45.3 Å². The molecule has 4 rings (SSSR count). The molecule has 0 unspecified atom stereocenters. The topological polar surface area (TPSA) is 147 Å². The number of fused-ring (bicyclic) bond motifs is 3. The van der Waals surface area contributed by atoms with Gasteiger partial charge in [0.2, 0.25) is 28.9 Å². The Balaban J connectivity index is 2.01. The number of rotatable bonds is 6. The fraction of sp³-hybridized carbons (Fsp3) is 0.261. The molecule has 0 bridgehead atoms. The predicted molar refractivity (Wildman–Crippen MR) is 129 cm³/mol. The van der Waals surface area contributed by atoms with Gasteiger partial charge in [-0.2, -0.15) is 4.98 Å². The van der Waals surface area contributed by atoms with Crippen molar-refractivity contribution in [2.24, 2.45) is 0 Å². The number of carbonyl (C=O) groups is 2. The second-order valence-electron chi connectivity index (χ2n) is 7.48. The Morgan fingerprint density at radius 1 is 1.25 bits per heavy atom. The molecule has 0 saturated heterocycles. The number of hydrogen-bond acceptors (Lipinski definition) is 11. The third-order valence-corrected chi connectivity index (χ3v) is 5.81. The minimum Gasteiger partial charge on any atom is -0.493 e. The highest BCUT2D eigenvalue weighted by Crippen LogP contribution is 2.46. The predicted octanol–water partition coefficient (Wildman–Crippen LogP) is 3.94. The van der Waals surface area contributed by atoms with Gasteiger partial charge in [-0.05, 0) is 18.4 Å². The molecule has 1 aromatic heterocycles. The molecule has 1 amide bonds. The third kappa shape index (κ3) is 4.52. The van der Waals surface area contributed by atoms with E-state index in [9.17, 15) is 19.7 Å². The van der Waals surface area contributed by atoms with Gasteiger partial charge in [0, 0.05) is 30.5 Å². The maximum atomic E-state index is 13.3. The summed E-state index contributed by atoms with van der Waals surface area (Å²) in [6, 6.07) is 9.61. The van der Waals surface area contributed by atoms with Crippen molar-refractivity contribution in [2.75, 3.05) is 18.3 Å². The lowest BCUT2D eigenvalue weighted by molar-refractivity contribution is -0.385. The lowest BCUT2D eigenvalue weighted by Gasteiger charge is -2.30. The number of amides is 1. The SMILES string of the molecule is CCC(=O)N1c2ccccc2-c2nnc(SC)nc2O[C@H]1c1cc(OC)c(OC(C)=O)c([N+](=O)[O-])c1. The number of nitro groups is 1. The molecular formula is C23H21N5O7S. The van der Waals surface area contributed by atoms with Crippen molar-refractivity contribution in [3.8, 4) is 28.6 Å². The summed E-state index contributed by atoms with van der Waals surface area (Å²) < 4.78 is 16.6. The lowest BCUT2D eigenvalue weighted by Crippen LogP contribution is -2.37. The molecule has 0 fully saturated rings. The van der Waals surface area contributed by atoms with Crippen LogP contribution in [0.4, 0.5) is 11.4 Å². The zero-order valence-corrected chi connectivity index (χ0v) is 20.6. The summed E-state index contributed by atoms with van der Waals surface area (Å²) in [7, 11) is 1.28. The first-order valence-corrected chi connectivity index (χ1v) is 11.9. The van der Waals surface area contributed by atoms with Crippen molar-refractivity contribution in [1.29, 1.82) is 0 Å². The standard InChI is InChI=1S/C23H21N5O7S/c1-5-18(30)27-15-9-7-6-8-14(15)19-21(24-23(36-4)26-25-19)35-22(27)13-10-16(28(31)32)20(34-12(2)29)17(11-13)33-3/h6-11,22H,5H2,1-4H3/t22-/m0/s1. The van der Waals surface area contributed by atoms with E-state index in [1.54, 1.807) is 37.4 Å². The van der Waals surface area contributed by atoms with Gasteiger partial charge in [0.05, 0.1) is 17.7 Å². The van der Waals surface area contributed by atoms with Crippen molar-refractivity contribution in [3.63, 3.8) is 0 Å². The lowest BCUT2D eigenvalue weighted by atomic mass is 10.1. The number of thioether (sulfide) groups is 1. The second kappa shape index (κ2) is 10.2. The number of esters is 1. The molecule has 1 aliphatic rings. The number of aromatic nitrogens is 3.